The first-order valence-electron chi connectivity index (χ1n) is 10.2. The molecule has 8 nitrogen and oxygen atoms in total. The first-order chi connectivity index (χ1) is 16.4. The molecule has 0 bridgehead atoms. The highest BCUT2D eigenvalue weighted by molar-refractivity contribution is 7.14. The smallest absolute Gasteiger partial charge is 0.331 e. The molecule has 1 unspecified atom stereocenters. The lowest BCUT2D eigenvalue weighted by molar-refractivity contribution is -0.148. The fourth-order valence-corrected chi connectivity index (χ4v) is 4.59. The summed E-state index contributed by atoms with van der Waals surface area (Å²) < 4.78 is 6.97. The molecule has 0 spiro atoms. The summed E-state index contributed by atoms with van der Waals surface area (Å²) in [6.45, 7) is 1.45. The lowest BCUT2D eigenvalue weighted by Gasteiger charge is -2.12. The third kappa shape index (κ3) is 5.30. The molecule has 0 saturated carbocycles. The Balaban J connectivity index is 1.47. The normalized spacial score (nSPS) is 11.9. The number of ether oxygens (including phenoxy) is 1. The van der Waals surface area contributed by atoms with Crippen LogP contribution in [0.15, 0.2) is 71.6 Å². The van der Waals surface area contributed by atoms with Gasteiger partial charge in [0, 0.05) is 17.8 Å². The summed E-state index contributed by atoms with van der Waals surface area (Å²) in [6.07, 6.45) is 3.61. The van der Waals surface area contributed by atoms with Crippen LogP contribution in [0.3, 0.4) is 0 Å². The molecule has 0 radical (unpaired) electrons. The number of benzene rings is 1. The molecule has 0 aliphatic heterocycles. The van der Waals surface area contributed by atoms with Gasteiger partial charge in [-0.2, -0.15) is 5.10 Å². The molecule has 3 heterocycles. The minimum Gasteiger partial charge on any atom is -0.449 e. The Morgan fingerprint density at radius 3 is 2.59 bits per heavy atom. The summed E-state index contributed by atoms with van der Waals surface area (Å²) >= 11 is 2.70. The maximum atomic E-state index is 12.4. The van der Waals surface area contributed by atoms with Crippen LogP contribution in [0.2, 0.25) is 0 Å². The third-order valence-electron chi connectivity index (χ3n) is 4.75. The van der Waals surface area contributed by atoms with E-state index < -0.39 is 23.9 Å². The van der Waals surface area contributed by atoms with E-state index in [-0.39, 0.29) is 5.56 Å². The molecule has 10 heteroatoms. The van der Waals surface area contributed by atoms with Gasteiger partial charge >= 0.3 is 5.97 Å². The van der Waals surface area contributed by atoms with Crippen LogP contribution in [-0.2, 0) is 14.3 Å². The second-order valence-corrected chi connectivity index (χ2v) is 8.98. The van der Waals surface area contributed by atoms with E-state index in [1.807, 2.05) is 54.0 Å². The fourth-order valence-electron chi connectivity index (χ4n) is 3.07. The van der Waals surface area contributed by atoms with Crippen molar-refractivity contribution in [2.24, 2.45) is 5.73 Å². The van der Waals surface area contributed by atoms with Gasteiger partial charge in [0.15, 0.2) is 6.10 Å². The van der Waals surface area contributed by atoms with Crippen LogP contribution in [0.1, 0.15) is 22.8 Å². The SMILES string of the molecule is CC(OC(=O)/C=C/c1cn(-c2ccccc2)nc1-c1cccs1)C(=O)Nc1sccc1C(N)=O. The third-order valence-corrected chi connectivity index (χ3v) is 6.45. The van der Waals surface area contributed by atoms with E-state index in [1.54, 1.807) is 27.5 Å². The van der Waals surface area contributed by atoms with E-state index in [2.05, 4.69) is 10.4 Å². The highest BCUT2D eigenvalue weighted by atomic mass is 32.1. The molecule has 2 amide bonds. The number of nitrogens with zero attached hydrogens (tertiary/aromatic N) is 2. The number of hydrogen-bond acceptors (Lipinski definition) is 7. The van der Waals surface area contributed by atoms with Crippen molar-refractivity contribution in [3.63, 3.8) is 0 Å². The lowest BCUT2D eigenvalue weighted by atomic mass is 10.2. The standard InChI is InChI=1S/C24H20N4O4S2/c1-15(23(31)26-24-18(22(25)30)11-13-34-24)32-20(29)10-9-16-14-28(17-6-3-2-4-7-17)27-21(16)19-8-5-12-33-19/h2-15H,1H3,(H2,25,30)(H,26,31)/b10-9+. The molecule has 3 N–H and O–H groups in total. The summed E-state index contributed by atoms with van der Waals surface area (Å²) in [5.74, 6) is -1.90. The van der Waals surface area contributed by atoms with Crippen molar-refractivity contribution < 1.29 is 19.1 Å². The Morgan fingerprint density at radius 2 is 1.88 bits per heavy atom. The van der Waals surface area contributed by atoms with E-state index in [4.69, 9.17) is 10.5 Å². The van der Waals surface area contributed by atoms with Gasteiger partial charge in [-0.25, -0.2) is 9.48 Å². The van der Waals surface area contributed by atoms with E-state index in [0.29, 0.717) is 5.00 Å². The van der Waals surface area contributed by atoms with E-state index in [9.17, 15) is 14.4 Å². The zero-order valence-electron chi connectivity index (χ0n) is 18.0. The maximum absolute atomic E-state index is 12.4. The van der Waals surface area contributed by atoms with Gasteiger partial charge in [-0.15, -0.1) is 22.7 Å². The van der Waals surface area contributed by atoms with Crippen molar-refractivity contribution in [3.05, 3.63) is 82.7 Å². The first-order valence-corrected chi connectivity index (χ1v) is 11.9. The number of rotatable bonds is 8. The van der Waals surface area contributed by atoms with Gasteiger partial charge in [0.25, 0.3) is 11.8 Å². The zero-order chi connectivity index (χ0) is 24.1. The van der Waals surface area contributed by atoms with Crippen molar-refractivity contribution in [2.75, 3.05) is 5.32 Å². The Hall–Kier alpha value is -4.02. The molecule has 1 aromatic carbocycles. The number of amides is 2. The maximum Gasteiger partial charge on any atom is 0.331 e. The average Bonchev–Trinajstić information content (AvgIpc) is 3.58. The van der Waals surface area contributed by atoms with Gasteiger partial charge in [0.05, 0.1) is 16.1 Å². The summed E-state index contributed by atoms with van der Waals surface area (Å²) in [7, 11) is 0. The molecule has 4 rings (SSSR count). The molecule has 0 saturated heterocycles. The number of esters is 1. The summed E-state index contributed by atoms with van der Waals surface area (Å²) in [5.41, 5.74) is 7.83. The molecule has 0 fully saturated rings. The first kappa shape index (κ1) is 23.1. The van der Waals surface area contributed by atoms with Crippen molar-refractivity contribution in [2.45, 2.75) is 13.0 Å². The number of nitrogens with two attached hydrogens (primary N) is 1. The largest absolute Gasteiger partial charge is 0.449 e. The highest BCUT2D eigenvalue weighted by Crippen LogP contribution is 2.28. The van der Waals surface area contributed by atoms with E-state index in [1.165, 1.54) is 19.1 Å². The Labute approximate surface area is 203 Å². The molecule has 3 aromatic heterocycles. The number of primary amides is 1. The van der Waals surface area contributed by atoms with Crippen LogP contribution in [-0.4, -0.2) is 33.7 Å². The predicted molar refractivity (Wildman–Crippen MR) is 133 cm³/mol. The number of para-hydroxylation sites is 1. The number of carbonyl (C=O) groups is 3. The molecule has 1 atom stereocenters. The topological polar surface area (TPSA) is 116 Å². The van der Waals surface area contributed by atoms with Crippen LogP contribution >= 0.6 is 22.7 Å². The quantitative estimate of drug-likeness (QED) is 0.280. The molecule has 172 valence electrons. The van der Waals surface area contributed by atoms with Crippen molar-refractivity contribution in [1.29, 1.82) is 0 Å². The molecule has 4 aromatic rings. The van der Waals surface area contributed by atoms with Crippen LogP contribution < -0.4 is 11.1 Å². The Kier molecular flexibility index (Phi) is 7.00. The number of hydrogen-bond donors (Lipinski definition) is 2. The summed E-state index contributed by atoms with van der Waals surface area (Å²) in [5, 5.41) is 11.1. The Bertz CT molecular complexity index is 1340. The number of aromatic nitrogens is 2. The van der Waals surface area contributed by atoms with Crippen molar-refractivity contribution in [1.82, 2.24) is 9.78 Å². The summed E-state index contributed by atoms with van der Waals surface area (Å²) in [4.78, 5) is 37.2. The predicted octanol–water partition coefficient (Wildman–Crippen LogP) is 4.34. The van der Waals surface area contributed by atoms with Gasteiger partial charge in [0.2, 0.25) is 0 Å². The van der Waals surface area contributed by atoms with Crippen LogP contribution in [0.4, 0.5) is 5.00 Å². The molecule has 0 aliphatic rings. The zero-order valence-corrected chi connectivity index (χ0v) is 19.6. The second-order valence-electron chi connectivity index (χ2n) is 7.12. The minimum absolute atomic E-state index is 0.202. The molecule has 0 aliphatic carbocycles. The van der Waals surface area contributed by atoms with Gasteiger partial charge in [-0.3, -0.25) is 9.59 Å². The Morgan fingerprint density at radius 1 is 1.09 bits per heavy atom. The number of nitrogens with one attached hydrogen (secondary N) is 1. The fraction of sp³-hybridized carbons (Fsp3) is 0.0833. The molecular weight excluding hydrogens is 472 g/mol. The number of anilines is 1. The number of thiophene rings is 2. The van der Waals surface area contributed by atoms with Gasteiger partial charge < -0.3 is 15.8 Å². The molecular formula is C24H20N4O4S2. The monoisotopic (exact) mass is 492 g/mol. The van der Waals surface area contributed by atoms with E-state index >= 15 is 0 Å². The highest BCUT2D eigenvalue weighted by Gasteiger charge is 2.20. The average molecular weight is 493 g/mol. The minimum atomic E-state index is -1.08. The summed E-state index contributed by atoms with van der Waals surface area (Å²) in [6, 6.07) is 15.0. The van der Waals surface area contributed by atoms with Gasteiger partial charge in [-0.1, -0.05) is 24.3 Å². The van der Waals surface area contributed by atoms with Gasteiger partial charge in [-0.05, 0) is 48.0 Å². The van der Waals surface area contributed by atoms with E-state index in [0.717, 1.165) is 33.2 Å². The van der Waals surface area contributed by atoms with Crippen molar-refractivity contribution in [3.8, 4) is 16.3 Å². The van der Waals surface area contributed by atoms with Gasteiger partial charge in [0.1, 0.15) is 10.7 Å². The van der Waals surface area contributed by atoms with Crippen LogP contribution in [0, 0.1) is 0 Å². The van der Waals surface area contributed by atoms with Crippen molar-refractivity contribution >= 4 is 51.5 Å². The van der Waals surface area contributed by atoms with Crippen LogP contribution in [0.5, 0.6) is 0 Å². The number of carbonyl (C=O) groups excluding carboxylic acids is 3. The lowest BCUT2D eigenvalue weighted by Crippen LogP contribution is -2.29. The second kappa shape index (κ2) is 10.3. The molecule has 34 heavy (non-hydrogen) atoms. The van der Waals surface area contributed by atoms with Crippen LogP contribution in [0.25, 0.3) is 22.3 Å².